The van der Waals surface area contributed by atoms with Crippen molar-refractivity contribution in [3.63, 3.8) is 0 Å². The van der Waals surface area contributed by atoms with Crippen molar-refractivity contribution in [2.45, 2.75) is 32.6 Å². The number of carbonyl (C=O) groups is 1. The highest BCUT2D eigenvalue weighted by Crippen LogP contribution is 2.45. The van der Waals surface area contributed by atoms with Gasteiger partial charge in [0.1, 0.15) is 5.31 Å². The van der Waals surface area contributed by atoms with Gasteiger partial charge in [0.25, 0.3) is 0 Å². The van der Waals surface area contributed by atoms with E-state index in [-0.39, 0.29) is 0 Å². The lowest BCUT2D eigenvalue weighted by atomic mass is 10.2. The largest absolute Gasteiger partial charge is 0.477 e. The van der Waals surface area contributed by atoms with E-state index in [1.165, 1.54) is 0 Å². The molecule has 0 atom stereocenters. The fourth-order valence-corrected chi connectivity index (χ4v) is 1.58. The first-order valence-electron chi connectivity index (χ1n) is 4.39. The Morgan fingerprint density at radius 1 is 1.36 bits per heavy atom. The Morgan fingerprint density at radius 3 is 2.29 bits per heavy atom. The molecule has 0 aliphatic heterocycles. The van der Waals surface area contributed by atoms with E-state index in [9.17, 15) is 9.36 Å². The van der Waals surface area contributed by atoms with E-state index in [0.717, 1.165) is 25.3 Å². The van der Waals surface area contributed by atoms with Crippen LogP contribution in [0.15, 0.2) is 11.4 Å². The van der Waals surface area contributed by atoms with E-state index in [0.29, 0.717) is 6.42 Å². The summed E-state index contributed by atoms with van der Waals surface area (Å²) in [6.07, 6.45) is 4.14. The highest BCUT2D eigenvalue weighted by Gasteiger charge is 2.26. The Hall–Kier alpha value is -0.640. The summed E-state index contributed by atoms with van der Waals surface area (Å²) in [5.74, 6) is -1.55. The first kappa shape index (κ1) is 13.4. The van der Waals surface area contributed by atoms with Crippen LogP contribution in [0.3, 0.4) is 0 Å². The summed E-state index contributed by atoms with van der Waals surface area (Å²) in [7, 11) is -4.62. The molecule has 0 saturated heterocycles. The van der Waals surface area contributed by atoms with Crippen LogP contribution in [-0.2, 0) is 9.36 Å². The molecule has 0 bridgehead atoms. The second-order valence-electron chi connectivity index (χ2n) is 2.93. The second-order valence-corrected chi connectivity index (χ2v) is 4.50. The van der Waals surface area contributed by atoms with Crippen LogP contribution in [-0.4, -0.2) is 20.9 Å². The van der Waals surface area contributed by atoms with Crippen molar-refractivity contribution in [2.75, 3.05) is 0 Å². The lowest BCUT2D eigenvalue weighted by Crippen LogP contribution is -2.01. The van der Waals surface area contributed by atoms with Crippen LogP contribution in [0.25, 0.3) is 0 Å². The summed E-state index contributed by atoms with van der Waals surface area (Å²) in [6.45, 7) is 1.99. The van der Waals surface area contributed by atoms with E-state index in [2.05, 4.69) is 0 Å². The maximum atomic E-state index is 10.7. The van der Waals surface area contributed by atoms with Crippen molar-refractivity contribution in [3.05, 3.63) is 11.4 Å². The maximum Gasteiger partial charge on any atom is 0.363 e. The first-order valence-corrected chi connectivity index (χ1v) is 6.00. The Bertz CT molecular complexity index is 265. The molecule has 0 radical (unpaired) electrons. The summed E-state index contributed by atoms with van der Waals surface area (Å²) in [5, 5.41) is 7.71. The molecule has 0 aliphatic carbocycles. The van der Waals surface area contributed by atoms with Gasteiger partial charge in [0, 0.05) is 0 Å². The fraction of sp³-hybridized carbons (Fsp3) is 0.625. The zero-order valence-corrected chi connectivity index (χ0v) is 8.91. The Balaban J connectivity index is 4.37. The van der Waals surface area contributed by atoms with Crippen LogP contribution in [0.2, 0.25) is 0 Å². The van der Waals surface area contributed by atoms with E-state index >= 15 is 0 Å². The van der Waals surface area contributed by atoms with Crippen molar-refractivity contribution in [3.8, 4) is 0 Å². The predicted molar refractivity (Wildman–Crippen MR) is 51.9 cm³/mol. The number of aliphatic carboxylic acids is 1. The molecule has 0 aromatic carbocycles. The van der Waals surface area contributed by atoms with Gasteiger partial charge in [-0.1, -0.05) is 25.8 Å². The normalized spacial score (nSPS) is 12.9. The van der Waals surface area contributed by atoms with Crippen molar-refractivity contribution >= 4 is 13.6 Å². The van der Waals surface area contributed by atoms with Crippen molar-refractivity contribution in [1.29, 1.82) is 0 Å². The molecule has 14 heavy (non-hydrogen) atoms. The van der Waals surface area contributed by atoms with Gasteiger partial charge in [-0.2, -0.15) is 0 Å². The van der Waals surface area contributed by atoms with Crippen LogP contribution in [0.5, 0.6) is 0 Å². The molecule has 0 aromatic rings. The van der Waals surface area contributed by atoms with Gasteiger partial charge in [-0.25, -0.2) is 4.79 Å². The standard InChI is InChI=1S/C8H15O5P/c1-2-3-4-5-6-7(8(9)10)14(11,12)13/h6H,2-5H2,1H3,(H,9,10)(H2,11,12,13)/b7-6-. The van der Waals surface area contributed by atoms with Crippen LogP contribution in [0.4, 0.5) is 0 Å². The molecule has 3 N–H and O–H groups in total. The highest BCUT2D eigenvalue weighted by molar-refractivity contribution is 7.57. The molecule has 0 heterocycles. The average molecular weight is 222 g/mol. The van der Waals surface area contributed by atoms with E-state index in [4.69, 9.17) is 14.9 Å². The molecule has 0 unspecified atom stereocenters. The van der Waals surface area contributed by atoms with Gasteiger partial charge >= 0.3 is 13.6 Å². The molecule has 5 nitrogen and oxygen atoms in total. The molecule has 0 rings (SSSR count). The minimum atomic E-state index is -4.62. The second kappa shape index (κ2) is 5.96. The summed E-state index contributed by atoms with van der Waals surface area (Å²) in [5.41, 5.74) is 0. The number of hydrogen-bond donors (Lipinski definition) is 3. The van der Waals surface area contributed by atoms with Crippen molar-refractivity contribution < 1.29 is 24.3 Å². The van der Waals surface area contributed by atoms with E-state index < -0.39 is 18.9 Å². The van der Waals surface area contributed by atoms with Gasteiger partial charge in [0.2, 0.25) is 0 Å². The minimum absolute atomic E-state index is 0.389. The lowest BCUT2D eigenvalue weighted by molar-refractivity contribution is -0.132. The molecule has 0 amide bonds. The van der Waals surface area contributed by atoms with Gasteiger partial charge in [-0.15, -0.1) is 0 Å². The summed E-state index contributed by atoms with van der Waals surface area (Å²) in [6, 6.07) is 0. The molecular formula is C8H15O5P. The third-order valence-electron chi connectivity index (χ3n) is 1.68. The summed E-state index contributed by atoms with van der Waals surface area (Å²) >= 11 is 0. The van der Waals surface area contributed by atoms with Gasteiger partial charge in [0.15, 0.2) is 0 Å². The molecule has 0 saturated carbocycles. The number of hydrogen-bond acceptors (Lipinski definition) is 2. The highest BCUT2D eigenvalue weighted by atomic mass is 31.2. The van der Waals surface area contributed by atoms with Crippen molar-refractivity contribution in [2.24, 2.45) is 0 Å². The molecular weight excluding hydrogens is 207 g/mol. The quantitative estimate of drug-likeness (QED) is 0.361. The molecule has 0 aliphatic rings. The molecule has 0 aromatic heterocycles. The lowest BCUT2D eigenvalue weighted by Gasteiger charge is -2.03. The summed E-state index contributed by atoms with van der Waals surface area (Å²) < 4.78 is 10.7. The Labute approximate surface area is 82.6 Å². The molecule has 6 heteroatoms. The number of carboxylic acid groups (broad SMARTS) is 1. The zero-order valence-electron chi connectivity index (χ0n) is 8.01. The predicted octanol–water partition coefficient (Wildman–Crippen LogP) is 1.71. The third-order valence-corrected chi connectivity index (χ3v) is 2.68. The number of unbranched alkanes of at least 4 members (excludes halogenated alkanes) is 3. The van der Waals surface area contributed by atoms with Crippen molar-refractivity contribution in [1.82, 2.24) is 0 Å². The number of allylic oxidation sites excluding steroid dienone is 1. The molecule has 0 fully saturated rings. The monoisotopic (exact) mass is 222 g/mol. The third kappa shape index (κ3) is 5.17. The Morgan fingerprint density at radius 2 is 1.93 bits per heavy atom. The zero-order chi connectivity index (χ0) is 11.2. The SMILES string of the molecule is CCCCC/C=C(/C(=O)O)P(=O)(O)O. The van der Waals surface area contributed by atoms with Crippen LogP contribution < -0.4 is 0 Å². The minimum Gasteiger partial charge on any atom is -0.477 e. The van der Waals surface area contributed by atoms with Crippen LogP contribution in [0, 0.1) is 0 Å². The van der Waals surface area contributed by atoms with Gasteiger partial charge in [-0.3, -0.25) is 4.57 Å². The topological polar surface area (TPSA) is 94.8 Å². The van der Waals surface area contributed by atoms with Crippen LogP contribution in [0.1, 0.15) is 32.6 Å². The first-order chi connectivity index (χ1) is 6.39. The Kier molecular flexibility index (Phi) is 5.69. The number of rotatable bonds is 6. The maximum absolute atomic E-state index is 10.7. The van der Waals surface area contributed by atoms with Crippen LogP contribution >= 0.6 is 7.60 Å². The van der Waals surface area contributed by atoms with Gasteiger partial charge in [0.05, 0.1) is 0 Å². The molecule has 82 valence electrons. The van der Waals surface area contributed by atoms with Gasteiger partial charge in [-0.05, 0) is 12.8 Å². The van der Waals surface area contributed by atoms with E-state index in [1.807, 2.05) is 6.92 Å². The fourth-order valence-electron chi connectivity index (χ4n) is 0.964. The van der Waals surface area contributed by atoms with E-state index in [1.54, 1.807) is 0 Å². The molecule has 0 spiro atoms. The van der Waals surface area contributed by atoms with Gasteiger partial charge < -0.3 is 14.9 Å². The summed E-state index contributed by atoms with van der Waals surface area (Å²) in [4.78, 5) is 27.8. The average Bonchev–Trinajstić information content (AvgIpc) is 2.01. The smallest absolute Gasteiger partial charge is 0.363 e. The number of carboxylic acids is 1.